The van der Waals surface area contributed by atoms with E-state index in [9.17, 15) is 18.5 Å². The highest BCUT2D eigenvalue weighted by Crippen LogP contribution is 2.21. The van der Waals surface area contributed by atoms with Gasteiger partial charge >= 0.3 is 10.1 Å². The van der Waals surface area contributed by atoms with Crippen LogP contribution in [0.2, 0.25) is 5.02 Å². The van der Waals surface area contributed by atoms with Crippen molar-refractivity contribution in [2.45, 2.75) is 4.90 Å². The number of nitriles is 1. The molecule has 3 rings (SSSR count). The van der Waals surface area contributed by atoms with E-state index in [1.54, 1.807) is 36.4 Å². The molecule has 0 radical (unpaired) electrons. The van der Waals surface area contributed by atoms with Crippen molar-refractivity contribution in [3.8, 4) is 11.8 Å². The molecule has 1 N–H and O–H groups in total. The molecule has 0 spiro atoms. The van der Waals surface area contributed by atoms with E-state index in [4.69, 9.17) is 15.8 Å². The third kappa shape index (κ3) is 5.47. The molecule has 0 aliphatic rings. The zero-order valence-corrected chi connectivity index (χ0v) is 17.0. The van der Waals surface area contributed by atoms with Gasteiger partial charge in [-0.25, -0.2) is 0 Å². The number of hydrogen-bond acceptors (Lipinski definition) is 5. The lowest BCUT2D eigenvalue weighted by Crippen LogP contribution is -2.13. The van der Waals surface area contributed by atoms with Crippen LogP contribution >= 0.6 is 11.6 Å². The van der Waals surface area contributed by atoms with Crippen molar-refractivity contribution in [1.82, 2.24) is 0 Å². The lowest BCUT2D eigenvalue weighted by molar-refractivity contribution is -0.112. The molecule has 30 heavy (non-hydrogen) atoms. The van der Waals surface area contributed by atoms with Gasteiger partial charge in [0.1, 0.15) is 22.3 Å². The standard InChI is InChI=1S/C22H15ClN2O4S/c23-18-8-12-21(13-9-18)30(27,28)29-20-10-6-16(7-11-20)14-17(15-24)22(26)25-19-4-2-1-3-5-19/h1-14H,(H,25,26)/b17-14+. The fraction of sp³-hybridized carbons (Fsp3) is 0. The molecule has 0 unspecified atom stereocenters. The van der Waals surface area contributed by atoms with Crippen molar-refractivity contribution in [1.29, 1.82) is 5.26 Å². The Morgan fingerprint density at radius 2 is 1.60 bits per heavy atom. The zero-order chi connectivity index (χ0) is 21.6. The molecule has 150 valence electrons. The molecule has 8 heteroatoms. The minimum atomic E-state index is -4.01. The molecule has 0 saturated carbocycles. The Kier molecular flexibility index (Phi) is 6.52. The summed E-state index contributed by atoms with van der Waals surface area (Å²) < 4.78 is 29.7. The summed E-state index contributed by atoms with van der Waals surface area (Å²) in [5.41, 5.74) is 1.01. The van der Waals surface area contributed by atoms with Crippen molar-refractivity contribution >= 4 is 39.4 Å². The van der Waals surface area contributed by atoms with Crippen LogP contribution in [-0.2, 0) is 14.9 Å². The van der Waals surface area contributed by atoms with E-state index in [-0.39, 0.29) is 16.2 Å². The highest BCUT2D eigenvalue weighted by atomic mass is 35.5. The maximum atomic E-state index is 12.3. The van der Waals surface area contributed by atoms with Gasteiger partial charge < -0.3 is 9.50 Å². The molecule has 0 heterocycles. The second kappa shape index (κ2) is 9.27. The molecule has 6 nitrogen and oxygen atoms in total. The number of anilines is 1. The normalized spacial score (nSPS) is 11.4. The molecule has 3 aromatic carbocycles. The van der Waals surface area contributed by atoms with Crippen molar-refractivity contribution in [3.63, 3.8) is 0 Å². The number of rotatable bonds is 6. The summed E-state index contributed by atoms with van der Waals surface area (Å²) in [5.74, 6) is -0.455. The Balaban J connectivity index is 1.73. The molecular formula is C22H15ClN2O4S. The lowest BCUT2D eigenvalue weighted by Gasteiger charge is -2.07. The third-order valence-corrected chi connectivity index (χ3v) is 5.41. The maximum absolute atomic E-state index is 12.3. The first-order valence-corrected chi connectivity index (χ1v) is 10.4. The van der Waals surface area contributed by atoms with Gasteiger partial charge in [0.15, 0.2) is 0 Å². The molecular weight excluding hydrogens is 424 g/mol. The van der Waals surface area contributed by atoms with Gasteiger partial charge in [-0.3, -0.25) is 4.79 Å². The highest BCUT2D eigenvalue weighted by Gasteiger charge is 2.16. The Hall–Kier alpha value is -3.60. The van der Waals surface area contributed by atoms with Gasteiger partial charge in [0.2, 0.25) is 0 Å². The van der Waals surface area contributed by atoms with E-state index in [0.717, 1.165) is 0 Å². The summed E-state index contributed by atoms with van der Waals surface area (Å²) in [6, 6.07) is 22.2. The van der Waals surface area contributed by atoms with Gasteiger partial charge in [0.25, 0.3) is 5.91 Å². The second-order valence-corrected chi connectivity index (χ2v) is 8.03. The van der Waals surface area contributed by atoms with E-state index in [0.29, 0.717) is 16.3 Å². The summed E-state index contributed by atoms with van der Waals surface area (Å²) in [5, 5.41) is 12.3. The Bertz CT molecular complexity index is 1210. The van der Waals surface area contributed by atoms with Gasteiger partial charge in [-0.05, 0) is 60.2 Å². The molecule has 0 aromatic heterocycles. The summed E-state index contributed by atoms with van der Waals surface area (Å²) in [6.45, 7) is 0. The van der Waals surface area contributed by atoms with Crippen molar-refractivity contribution in [2.75, 3.05) is 5.32 Å². The van der Waals surface area contributed by atoms with Crippen LogP contribution in [0.5, 0.6) is 5.75 Å². The lowest BCUT2D eigenvalue weighted by atomic mass is 10.1. The number of nitrogens with one attached hydrogen (secondary N) is 1. The predicted molar refractivity (Wildman–Crippen MR) is 114 cm³/mol. The van der Waals surface area contributed by atoms with E-state index in [1.165, 1.54) is 42.5 Å². The minimum absolute atomic E-state index is 0.0276. The number of halogens is 1. The number of amides is 1. The molecule has 1 amide bonds. The molecule has 0 atom stereocenters. The van der Waals surface area contributed by atoms with Gasteiger partial charge in [-0.15, -0.1) is 0 Å². The molecule has 0 aliphatic heterocycles. The summed E-state index contributed by atoms with van der Waals surface area (Å²) >= 11 is 5.77. The van der Waals surface area contributed by atoms with Gasteiger partial charge in [-0.1, -0.05) is 41.9 Å². The number of carbonyl (C=O) groups is 1. The van der Waals surface area contributed by atoms with Crippen LogP contribution in [0.4, 0.5) is 5.69 Å². The smallest absolute Gasteiger partial charge is 0.339 e. The number of benzene rings is 3. The van der Waals surface area contributed by atoms with E-state index >= 15 is 0 Å². The molecule has 0 fully saturated rings. The van der Waals surface area contributed by atoms with Crippen LogP contribution in [0.3, 0.4) is 0 Å². The average molecular weight is 439 g/mol. The molecule has 0 aliphatic carbocycles. The van der Waals surface area contributed by atoms with E-state index in [1.807, 2.05) is 12.1 Å². The third-order valence-electron chi connectivity index (χ3n) is 3.90. The van der Waals surface area contributed by atoms with Crippen molar-refractivity contribution in [3.05, 3.63) is 95.0 Å². The summed E-state index contributed by atoms with van der Waals surface area (Å²) in [4.78, 5) is 12.2. The number of nitrogens with zero attached hydrogens (tertiary/aromatic N) is 1. The Morgan fingerprint density at radius 3 is 2.20 bits per heavy atom. The predicted octanol–water partition coefficient (Wildman–Crippen LogP) is 4.65. The first kappa shape index (κ1) is 21.1. The average Bonchev–Trinajstić information content (AvgIpc) is 2.74. The van der Waals surface area contributed by atoms with Crippen LogP contribution in [0, 0.1) is 11.3 Å². The largest absolute Gasteiger partial charge is 0.379 e. The van der Waals surface area contributed by atoms with Crippen LogP contribution in [-0.4, -0.2) is 14.3 Å². The second-order valence-electron chi connectivity index (χ2n) is 6.05. The van der Waals surface area contributed by atoms with Gasteiger partial charge in [0, 0.05) is 10.7 Å². The van der Waals surface area contributed by atoms with Crippen LogP contribution in [0.25, 0.3) is 6.08 Å². The minimum Gasteiger partial charge on any atom is -0.379 e. The van der Waals surface area contributed by atoms with Crippen molar-refractivity contribution < 1.29 is 17.4 Å². The van der Waals surface area contributed by atoms with Crippen LogP contribution in [0.15, 0.2) is 89.3 Å². The molecule has 3 aromatic rings. The van der Waals surface area contributed by atoms with Crippen LogP contribution < -0.4 is 9.50 Å². The SMILES string of the molecule is N#C/C(=C\c1ccc(OS(=O)(=O)c2ccc(Cl)cc2)cc1)C(=O)Nc1ccccc1. The first-order valence-electron chi connectivity index (χ1n) is 8.66. The molecule has 0 bridgehead atoms. The first-order chi connectivity index (χ1) is 14.4. The van der Waals surface area contributed by atoms with E-state index < -0.39 is 16.0 Å². The van der Waals surface area contributed by atoms with E-state index in [2.05, 4.69) is 5.32 Å². The summed E-state index contributed by atoms with van der Waals surface area (Å²) in [6.07, 6.45) is 1.40. The highest BCUT2D eigenvalue weighted by molar-refractivity contribution is 7.87. The quantitative estimate of drug-likeness (QED) is 0.343. The summed E-state index contributed by atoms with van der Waals surface area (Å²) in [7, 11) is -4.01. The maximum Gasteiger partial charge on any atom is 0.339 e. The Labute approximate surface area is 179 Å². The fourth-order valence-electron chi connectivity index (χ4n) is 2.43. The zero-order valence-electron chi connectivity index (χ0n) is 15.4. The van der Waals surface area contributed by atoms with Gasteiger partial charge in [0.05, 0.1) is 0 Å². The fourth-order valence-corrected chi connectivity index (χ4v) is 3.49. The number of hydrogen-bond donors (Lipinski definition) is 1. The van der Waals surface area contributed by atoms with Crippen molar-refractivity contribution in [2.24, 2.45) is 0 Å². The Morgan fingerprint density at radius 1 is 0.967 bits per heavy atom. The monoisotopic (exact) mass is 438 g/mol. The number of para-hydroxylation sites is 1. The number of carbonyl (C=O) groups excluding carboxylic acids is 1. The van der Waals surface area contributed by atoms with Crippen LogP contribution in [0.1, 0.15) is 5.56 Å². The van der Waals surface area contributed by atoms with Gasteiger partial charge in [-0.2, -0.15) is 13.7 Å². The topological polar surface area (TPSA) is 96.3 Å². The molecule has 0 saturated heterocycles.